The van der Waals surface area contributed by atoms with Crippen molar-refractivity contribution in [2.24, 2.45) is 10.9 Å². The van der Waals surface area contributed by atoms with Gasteiger partial charge in [0.05, 0.1) is 11.0 Å². The van der Waals surface area contributed by atoms with Gasteiger partial charge in [-0.1, -0.05) is 12.1 Å². The fourth-order valence-electron chi connectivity index (χ4n) is 2.04. The lowest BCUT2D eigenvalue weighted by Crippen LogP contribution is -2.39. The molecule has 2 atom stereocenters. The quantitative estimate of drug-likeness (QED) is 0.272. The Morgan fingerprint density at radius 2 is 2.35 bits per heavy atom. The molecule has 100 valence electrons. The minimum atomic E-state index is -2.90. The highest BCUT2D eigenvalue weighted by atomic mass is 32.2. The molecule has 1 heterocycles. The molecule has 6 nitrogen and oxygen atoms in total. The molecular formula is C10H21N3O3S. The number of rotatable bonds is 6. The molecule has 0 radical (unpaired) electrons. The predicted octanol–water partition coefficient (Wildman–Crippen LogP) is 0.0683. The van der Waals surface area contributed by atoms with E-state index in [9.17, 15) is 8.42 Å². The number of nitrogens with two attached hydrogens (primary N) is 1. The van der Waals surface area contributed by atoms with Gasteiger partial charge in [0, 0.05) is 19.0 Å². The second-order valence-electron chi connectivity index (χ2n) is 4.44. The molecule has 1 aliphatic rings. The number of hydrogen-bond acceptors (Lipinski definition) is 5. The van der Waals surface area contributed by atoms with Crippen LogP contribution in [0, 0.1) is 0 Å². The Morgan fingerprint density at radius 1 is 1.65 bits per heavy atom. The Balaban J connectivity index is 2.43. The van der Waals surface area contributed by atoms with E-state index < -0.39 is 9.84 Å². The Hall–Kier alpha value is -0.820. The zero-order valence-corrected chi connectivity index (χ0v) is 10.9. The van der Waals surface area contributed by atoms with Crippen LogP contribution in [0.1, 0.15) is 32.6 Å². The zero-order chi connectivity index (χ0) is 12.9. The first kappa shape index (κ1) is 14.2. The number of amidine groups is 1. The average molecular weight is 263 g/mol. The molecule has 0 aliphatic carbocycles. The Labute approximate surface area is 102 Å². The summed E-state index contributed by atoms with van der Waals surface area (Å²) in [5, 5.41) is 14.3. The van der Waals surface area contributed by atoms with Crippen LogP contribution in [-0.4, -0.2) is 43.1 Å². The van der Waals surface area contributed by atoms with E-state index in [2.05, 4.69) is 10.5 Å². The third-order valence-corrected chi connectivity index (χ3v) is 5.45. The minimum Gasteiger partial charge on any atom is -0.409 e. The second-order valence-corrected chi connectivity index (χ2v) is 6.84. The molecule has 0 spiro atoms. The number of nitrogens with one attached hydrogen (secondary N) is 1. The van der Waals surface area contributed by atoms with Crippen molar-refractivity contribution >= 4 is 15.7 Å². The molecule has 0 amide bonds. The molecule has 7 heteroatoms. The molecule has 17 heavy (non-hydrogen) atoms. The maximum atomic E-state index is 11.6. The van der Waals surface area contributed by atoms with E-state index >= 15 is 0 Å². The van der Waals surface area contributed by atoms with Crippen LogP contribution in [0.5, 0.6) is 0 Å². The van der Waals surface area contributed by atoms with Crippen molar-refractivity contribution in [3.8, 4) is 0 Å². The highest BCUT2D eigenvalue weighted by molar-refractivity contribution is 7.92. The van der Waals surface area contributed by atoms with Gasteiger partial charge in [-0.2, -0.15) is 0 Å². The first-order valence-corrected chi connectivity index (χ1v) is 7.62. The fraction of sp³-hybridized carbons (Fsp3) is 0.900. The maximum Gasteiger partial charge on any atom is 0.154 e. The van der Waals surface area contributed by atoms with Crippen molar-refractivity contribution in [3.05, 3.63) is 0 Å². The van der Waals surface area contributed by atoms with Crippen molar-refractivity contribution in [1.29, 1.82) is 0 Å². The monoisotopic (exact) mass is 263 g/mol. The molecule has 1 fully saturated rings. The summed E-state index contributed by atoms with van der Waals surface area (Å²) < 4.78 is 23.2. The van der Waals surface area contributed by atoms with Crippen LogP contribution in [0.3, 0.4) is 0 Å². The lowest BCUT2D eigenvalue weighted by molar-refractivity contribution is 0.315. The standard InChI is InChI=1S/C10H21N3O3S/c1-2-8(6-10(11)13-14)12-7-9-4-3-5-17(9,15)16/h8-9,12,14H,2-7H2,1H3,(H2,11,13). The normalized spacial score (nSPS) is 25.9. The van der Waals surface area contributed by atoms with Crippen LogP contribution >= 0.6 is 0 Å². The van der Waals surface area contributed by atoms with Crippen LogP contribution in [-0.2, 0) is 9.84 Å². The van der Waals surface area contributed by atoms with Gasteiger partial charge in [0.1, 0.15) is 5.84 Å². The van der Waals surface area contributed by atoms with Gasteiger partial charge in [-0.25, -0.2) is 8.42 Å². The summed E-state index contributed by atoms with van der Waals surface area (Å²) in [7, 11) is -2.90. The SMILES string of the molecule is CCC(CC(N)=NO)NCC1CCCS1(=O)=O. The van der Waals surface area contributed by atoms with Gasteiger partial charge in [-0.05, 0) is 19.3 Å². The Morgan fingerprint density at radius 3 is 2.82 bits per heavy atom. The van der Waals surface area contributed by atoms with Crippen LogP contribution in [0.15, 0.2) is 5.16 Å². The summed E-state index contributed by atoms with van der Waals surface area (Å²) in [6, 6.07) is 0.0571. The van der Waals surface area contributed by atoms with Gasteiger partial charge in [0.15, 0.2) is 9.84 Å². The molecule has 0 bridgehead atoms. The fourth-order valence-corrected chi connectivity index (χ4v) is 3.82. The molecule has 0 saturated carbocycles. The lowest BCUT2D eigenvalue weighted by Gasteiger charge is -2.18. The number of sulfone groups is 1. The van der Waals surface area contributed by atoms with Crippen molar-refractivity contribution < 1.29 is 13.6 Å². The van der Waals surface area contributed by atoms with Crippen molar-refractivity contribution in [1.82, 2.24) is 5.32 Å². The highest BCUT2D eigenvalue weighted by Crippen LogP contribution is 2.19. The van der Waals surface area contributed by atoms with Crippen LogP contribution in [0.25, 0.3) is 0 Å². The van der Waals surface area contributed by atoms with Gasteiger partial charge in [0.2, 0.25) is 0 Å². The van der Waals surface area contributed by atoms with Gasteiger partial charge >= 0.3 is 0 Å². The van der Waals surface area contributed by atoms with E-state index in [0.29, 0.717) is 18.7 Å². The molecule has 0 aromatic rings. The van der Waals surface area contributed by atoms with E-state index in [1.165, 1.54) is 0 Å². The number of hydrogen-bond donors (Lipinski definition) is 3. The van der Waals surface area contributed by atoms with Crippen molar-refractivity contribution in [2.45, 2.75) is 43.9 Å². The average Bonchev–Trinajstić information content (AvgIpc) is 2.63. The predicted molar refractivity (Wildman–Crippen MR) is 66.9 cm³/mol. The maximum absolute atomic E-state index is 11.6. The third kappa shape index (κ3) is 4.16. The largest absolute Gasteiger partial charge is 0.409 e. The summed E-state index contributed by atoms with van der Waals surface area (Å²) >= 11 is 0. The minimum absolute atomic E-state index is 0.0571. The first-order valence-electron chi connectivity index (χ1n) is 5.91. The van der Waals surface area contributed by atoms with E-state index in [0.717, 1.165) is 19.3 Å². The summed E-state index contributed by atoms with van der Waals surface area (Å²) in [6.45, 7) is 2.44. The summed E-state index contributed by atoms with van der Waals surface area (Å²) in [4.78, 5) is 0. The van der Waals surface area contributed by atoms with E-state index in [1.54, 1.807) is 0 Å². The van der Waals surface area contributed by atoms with E-state index in [1.807, 2.05) is 6.92 Å². The van der Waals surface area contributed by atoms with Crippen molar-refractivity contribution in [3.63, 3.8) is 0 Å². The number of oxime groups is 1. The summed E-state index contributed by atoms with van der Waals surface area (Å²) in [5.41, 5.74) is 5.43. The summed E-state index contributed by atoms with van der Waals surface area (Å²) in [6.07, 6.45) is 2.73. The van der Waals surface area contributed by atoms with Crippen molar-refractivity contribution in [2.75, 3.05) is 12.3 Å². The summed E-state index contributed by atoms with van der Waals surface area (Å²) in [5.74, 6) is 0.467. The molecule has 1 aliphatic heterocycles. The van der Waals surface area contributed by atoms with Gasteiger partial charge in [0.25, 0.3) is 0 Å². The first-order chi connectivity index (χ1) is 7.99. The van der Waals surface area contributed by atoms with E-state index in [-0.39, 0.29) is 17.1 Å². The van der Waals surface area contributed by atoms with Crippen LogP contribution in [0.2, 0.25) is 0 Å². The molecule has 0 aromatic carbocycles. The molecule has 1 rings (SSSR count). The molecule has 4 N–H and O–H groups in total. The lowest BCUT2D eigenvalue weighted by atomic mass is 10.1. The Kier molecular flexibility index (Phi) is 5.20. The van der Waals surface area contributed by atoms with Gasteiger partial charge in [-0.15, -0.1) is 0 Å². The van der Waals surface area contributed by atoms with Crippen LogP contribution in [0.4, 0.5) is 0 Å². The molecule has 2 unspecified atom stereocenters. The van der Waals surface area contributed by atoms with Crippen LogP contribution < -0.4 is 11.1 Å². The third-order valence-electron chi connectivity index (χ3n) is 3.17. The smallest absolute Gasteiger partial charge is 0.154 e. The topological polar surface area (TPSA) is 105 Å². The van der Waals surface area contributed by atoms with Gasteiger partial charge in [-0.3, -0.25) is 0 Å². The van der Waals surface area contributed by atoms with E-state index in [4.69, 9.17) is 10.9 Å². The second kappa shape index (κ2) is 6.20. The van der Waals surface area contributed by atoms with Gasteiger partial charge < -0.3 is 16.3 Å². The highest BCUT2D eigenvalue weighted by Gasteiger charge is 2.31. The molecule has 0 aromatic heterocycles. The Bertz CT molecular complexity index is 367. The molecular weight excluding hydrogens is 242 g/mol. The zero-order valence-electron chi connectivity index (χ0n) is 10.1. The molecule has 1 saturated heterocycles. The number of nitrogens with zero attached hydrogens (tertiary/aromatic N) is 1.